The summed E-state index contributed by atoms with van der Waals surface area (Å²) in [4.78, 5) is 4.53. The van der Waals surface area contributed by atoms with Crippen LogP contribution in [0.4, 0.5) is 5.69 Å². The maximum Gasteiger partial charge on any atom is 0.193 e. The predicted octanol–water partition coefficient (Wildman–Crippen LogP) is 3.51. The zero-order valence-corrected chi connectivity index (χ0v) is 17.5. The molecule has 0 atom stereocenters. The lowest BCUT2D eigenvalue weighted by molar-refractivity contribution is 0.593. The van der Waals surface area contributed by atoms with Gasteiger partial charge < -0.3 is 11.1 Å². The van der Waals surface area contributed by atoms with Crippen LogP contribution in [0.2, 0.25) is 0 Å². The summed E-state index contributed by atoms with van der Waals surface area (Å²) in [5.41, 5.74) is 9.09. The average Bonchev–Trinajstić information content (AvgIpc) is 2.56. The van der Waals surface area contributed by atoms with Crippen LogP contribution in [-0.4, -0.2) is 26.7 Å². The molecule has 0 aliphatic heterocycles. The molecule has 7 heteroatoms. The summed E-state index contributed by atoms with van der Waals surface area (Å²) in [6, 6.07) is 14.4. The Morgan fingerprint density at radius 1 is 1.08 bits per heavy atom. The Labute approximate surface area is 166 Å². The first-order valence-corrected chi connectivity index (χ1v) is 9.46. The first-order valence-electron chi connectivity index (χ1n) is 7.80. The fourth-order valence-corrected chi connectivity index (χ4v) is 3.52. The second kappa shape index (κ2) is 9.76. The highest BCUT2D eigenvalue weighted by Crippen LogP contribution is 2.14. The van der Waals surface area contributed by atoms with E-state index < -0.39 is 9.84 Å². The van der Waals surface area contributed by atoms with E-state index in [4.69, 9.17) is 5.73 Å². The normalized spacial score (nSPS) is 11.7. The van der Waals surface area contributed by atoms with Crippen LogP contribution >= 0.6 is 24.0 Å². The van der Waals surface area contributed by atoms with Crippen molar-refractivity contribution in [1.29, 1.82) is 0 Å². The van der Waals surface area contributed by atoms with Gasteiger partial charge in [-0.1, -0.05) is 24.3 Å². The van der Waals surface area contributed by atoms with Gasteiger partial charge in [0, 0.05) is 12.2 Å². The molecular formula is C18H24IN3O2S. The monoisotopic (exact) mass is 473 g/mol. The zero-order valence-electron chi connectivity index (χ0n) is 14.4. The molecule has 0 saturated heterocycles. The smallest absolute Gasteiger partial charge is 0.193 e. The number of rotatable bonds is 6. The number of halogens is 1. The quantitative estimate of drug-likeness (QED) is 0.291. The minimum atomic E-state index is -3.26. The van der Waals surface area contributed by atoms with Gasteiger partial charge >= 0.3 is 0 Å². The van der Waals surface area contributed by atoms with Crippen molar-refractivity contribution in [2.24, 2.45) is 10.7 Å². The lowest BCUT2D eigenvalue weighted by Gasteiger charge is -2.08. The molecule has 0 aromatic heterocycles. The number of nitrogens with two attached hydrogens (primary N) is 1. The highest BCUT2D eigenvalue weighted by Gasteiger charge is 2.12. The molecule has 25 heavy (non-hydrogen) atoms. The van der Waals surface area contributed by atoms with Crippen molar-refractivity contribution < 1.29 is 8.42 Å². The Morgan fingerprint density at radius 3 is 2.40 bits per heavy atom. The Bertz CT molecular complexity index is 821. The fraction of sp³-hybridized carbons (Fsp3) is 0.278. The summed E-state index contributed by atoms with van der Waals surface area (Å²) in [7, 11) is -3.26. The third kappa shape index (κ3) is 6.66. The average molecular weight is 473 g/mol. The van der Waals surface area contributed by atoms with Crippen LogP contribution < -0.4 is 11.1 Å². The van der Waals surface area contributed by atoms with Crippen molar-refractivity contribution in [2.45, 2.75) is 25.2 Å². The van der Waals surface area contributed by atoms with Crippen LogP contribution in [0.25, 0.3) is 0 Å². The van der Waals surface area contributed by atoms with Gasteiger partial charge in [-0.3, -0.25) is 4.99 Å². The molecule has 0 heterocycles. The van der Waals surface area contributed by atoms with Crippen LogP contribution in [0, 0.1) is 13.8 Å². The molecule has 0 aliphatic carbocycles. The molecule has 0 fully saturated rings. The largest absolute Gasteiger partial charge is 0.370 e. The standard InChI is InChI=1S/C18H23N3O2S.HI/c1-14-9-10-16(13-15(14)2)21-18(19)20-11-6-12-24(22,23)17-7-4-3-5-8-17;/h3-5,7-10,13H,6,11-12H2,1-2H3,(H3,19,20,21);1H. The molecule has 136 valence electrons. The topological polar surface area (TPSA) is 84.5 Å². The van der Waals surface area contributed by atoms with E-state index in [0.29, 0.717) is 17.9 Å². The number of sulfone groups is 1. The molecule has 0 spiro atoms. The highest BCUT2D eigenvalue weighted by atomic mass is 127. The van der Waals surface area contributed by atoms with E-state index in [1.54, 1.807) is 30.3 Å². The van der Waals surface area contributed by atoms with Crippen LogP contribution in [0.3, 0.4) is 0 Å². The summed E-state index contributed by atoms with van der Waals surface area (Å²) in [5, 5.41) is 3.02. The van der Waals surface area contributed by atoms with Crippen molar-refractivity contribution in [3.8, 4) is 0 Å². The molecule has 0 unspecified atom stereocenters. The molecule has 0 amide bonds. The van der Waals surface area contributed by atoms with Gasteiger partial charge in [0.1, 0.15) is 0 Å². The molecule has 5 nitrogen and oxygen atoms in total. The van der Waals surface area contributed by atoms with Gasteiger partial charge in [-0.05, 0) is 55.7 Å². The molecule has 0 aliphatic rings. The number of anilines is 1. The van der Waals surface area contributed by atoms with E-state index in [1.165, 1.54) is 11.1 Å². The maximum atomic E-state index is 12.1. The Balaban J connectivity index is 0.00000312. The fourth-order valence-electron chi connectivity index (χ4n) is 2.21. The van der Waals surface area contributed by atoms with Crippen molar-refractivity contribution in [1.82, 2.24) is 0 Å². The maximum absolute atomic E-state index is 12.1. The molecule has 0 saturated carbocycles. The SMILES string of the molecule is Cc1ccc(NC(N)=NCCCS(=O)(=O)c2ccccc2)cc1C.I. The number of aliphatic imine (C=N–C) groups is 1. The third-order valence-corrected chi connectivity index (χ3v) is 5.55. The minimum Gasteiger partial charge on any atom is -0.370 e. The number of nitrogens with zero attached hydrogens (tertiary/aromatic N) is 1. The number of hydrogen-bond acceptors (Lipinski definition) is 3. The Hall–Kier alpha value is -1.61. The Morgan fingerprint density at radius 2 is 1.76 bits per heavy atom. The second-order valence-corrected chi connectivity index (χ2v) is 7.79. The van der Waals surface area contributed by atoms with E-state index >= 15 is 0 Å². The number of guanidine groups is 1. The van der Waals surface area contributed by atoms with Crippen molar-refractivity contribution in [2.75, 3.05) is 17.6 Å². The number of nitrogens with one attached hydrogen (secondary N) is 1. The van der Waals surface area contributed by atoms with Gasteiger partial charge in [-0.15, -0.1) is 24.0 Å². The summed E-state index contributed by atoms with van der Waals surface area (Å²) >= 11 is 0. The van der Waals surface area contributed by atoms with E-state index in [0.717, 1.165) is 5.69 Å². The summed E-state index contributed by atoms with van der Waals surface area (Å²) in [6.45, 7) is 4.43. The van der Waals surface area contributed by atoms with E-state index in [2.05, 4.69) is 10.3 Å². The molecule has 0 radical (unpaired) electrons. The molecule has 3 N–H and O–H groups in total. The van der Waals surface area contributed by atoms with E-state index in [1.807, 2.05) is 32.0 Å². The lowest BCUT2D eigenvalue weighted by Crippen LogP contribution is -2.23. The number of benzene rings is 2. The first kappa shape index (κ1) is 21.4. The van der Waals surface area contributed by atoms with Gasteiger partial charge in [0.25, 0.3) is 0 Å². The van der Waals surface area contributed by atoms with Crippen LogP contribution in [0.15, 0.2) is 58.4 Å². The molecule has 2 aromatic carbocycles. The number of aryl methyl sites for hydroxylation is 2. The van der Waals surface area contributed by atoms with Crippen molar-refractivity contribution in [3.63, 3.8) is 0 Å². The summed E-state index contributed by atoms with van der Waals surface area (Å²) in [5.74, 6) is 0.340. The van der Waals surface area contributed by atoms with E-state index in [9.17, 15) is 8.42 Å². The van der Waals surface area contributed by atoms with Gasteiger partial charge in [-0.2, -0.15) is 0 Å². The highest BCUT2D eigenvalue weighted by molar-refractivity contribution is 14.0. The van der Waals surface area contributed by atoms with Crippen molar-refractivity contribution >= 4 is 45.5 Å². The zero-order chi connectivity index (χ0) is 17.6. The first-order chi connectivity index (χ1) is 11.4. The lowest BCUT2D eigenvalue weighted by atomic mass is 10.1. The molecule has 0 bridgehead atoms. The van der Waals surface area contributed by atoms with E-state index in [-0.39, 0.29) is 35.7 Å². The second-order valence-electron chi connectivity index (χ2n) is 5.68. The summed E-state index contributed by atoms with van der Waals surface area (Å²) < 4.78 is 24.3. The molecule has 2 rings (SSSR count). The van der Waals surface area contributed by atoms with Gasteiger partial charge in [0.2, 0.25) is 0 Å². The van der Waals surface area contributed by atoms with Crippen LogP contribution in [0.1, 0.15) is 17.5 Å². The molecule has 2 aromatic rings. The van der Waals surface area contributed by atoms with Gasteiger partial charge in [-0.25, -0.2) is 8.42 Å². The minimum absolute atomic E-state index is 0. The van der Waals surface area contributed by atoms with Gasteiger partial charge in [0.15, 0.2) is 15.8 Å². The number of hydrogen-bond donors (Lipinski definition) is 2. The predicted molar refractivity (Wildman–Crippen MR) is 115 cm³/mol. The van der Waals surface area contributed by atoms with Crippen LogP contribution in [-0.2, 0) is 9.84 Å². The molecular weight excluding hydrogens is 449 g/mol. The Kier molecular flexibility index (Phi) is 8.37. The van der Waals surface area contributed by atoms with Crippen molar-refractivity contribution in [3.05, 3.63) is 59.7 Å². The summed E-state index contributed by atoms with van der Waals surface area (Å²) in [6.07, 6.45) is 0.423. The third-order valence-electron chi connectivity index (χ3n) is 3.73. The van der Waals surface area contributed by atoms with Gasteiger partial charge in [0.05, 0.1) is 10.6 Å². The van der Waals surface area contributed by atoms with Crippen LogP contribution in [0.5, 0.6) is 0 Å².